The molecule has 1 heterocycles. The summed E-state index contributed by atoms with van der Waals surface area (Å²) in [7, 11) is 0. The minimum Gasteiger partial charge on any atom is -0.366 e. The normalized spacial score (nSPS) is 15.7. The molecule has 1 aliphatic carbocycles. The third-order valence-electron chi connectivity index (χ3n) is 4.32. The summed E-state index contributed by atoms with van der Waals surface area (Å²) in [6.07, 6.45) is 0.448. The number of hydrogen-bond acceptors (Lipinski definition) is 4. The molecule has 0 saturated heterocycles. The van der Waals surface area contributed by atoms with Gasteiger partial charge in [0.2, 0.25) is 5.95 Å². The van der Waals surface area contributed by atoms with Crippen LogP contribution in [0.4, 0.5) is 29.3 Å². The Morgan fingerprint density at radius 2 is 1.81 bits per heavy atom. The van der Waals surface area contributed by atoms with Crippen LogP contribution < -0.4 is 10.6 Å². The molecular formula is C18H20F4N4. The highest BCUT2D eigenvalue weighted by Gasteiger charge is 2.34. The second-order valence-electron chi connectivity index (χ2n) is 6.42. The van der Waals surface area contributed by atoms with Gasteiger partial charge in [0.1, 0.15) is 11.6 Å². The van der Waals surface area contributed by atoms with Crippen molar-refractivity contribution in [1.29, 1.82) is 0 Å². The molecule has 8 heteroatoms. The number of aromatic nitrogens is 2. The van der Waals surface area contributed by atoms with Crippen molar-refractivity contribution in [3.63, 3.8) is 0 Å². The van der Waals surface area contributed by atoms with Gasteiger partial charge in [-0.2, -0.15) is 18.2 Å². The Morgan fingerprint density at radius 1 is 1.04 bits per heavy atom. The fourth-order valence-corrected chi connectivity index (χ4v) is 3.02. The molecule has 0 unspecified atom stereocenters. The number of alkyl halides is 3. The van der Waals surface area contributed by atoms with E-state index in [2.05, 4.69) is 20.6 Å². The van der Waals surface area contributed by atoms with Gasteiger partial charge in [-0.3, -0.25) is 0 Å². The van der Waals surface area contributed by atoms with Gasteiger partial charge in [0, 0.05) is 18.7 Å². The number of anilines is 2. The average Bonchev–Trinajstić information content (AvgIpc) is 2.60. The fourth-order valence-electron chi connectivity index (χ4n) is 3.02. The molecule has 1 fully saturated rings. The van der Waals surface area contributed by atoms with Crippen LogP contribution in [0.5, 0.6) is 0 Å². The summed E-state index contributed by atoms with van der Waals surface area (Å²) in [5.74, 6) is -0.383. The Kier molecular flexibility index (Phi) is 5.58. The van der Waals surface area contributed by atoms with Crippen molar-refractivity contribution in [2.24, 2.45) is 0 Å². The molecule has 0 bridgehead atoms. The van der Waals surface area contributed by atoms with Gasteiger partial charge in [-0.15, -0.1) is 0 Å². The van der Waals surface area contributed by atoms with Crippen molar-refractivity contribution in [3.8, 4) is 0 Å². The van der Waals surface area contributed by atoms with Gasteiger partial charge in [0.15, 0.2) is 5.69 Å². The second kappa shape index (κ2) is 7.88. The van der Waals surface area contributed by atoms with Crippen molar-refractivity contribution in [1.82, 2.24) is 9.97 Å². The van der Waals surface area contributed by atoms with Crippen LogP contribution in [0.15, 0.2) is 30.3 Å². The summed E-state index contributed by atoms with van der Waals surface area (Å²) in [4.78, 5) is 7.77. The van der Waals surface area contributed by atoms with E-state index in [0.29, 0.717) is 5.56 Å². The number of benzene rings is 1. The lowest BCUT2D eigenvalue weighted by Crippen LogP contribution is -2.24. The Morgan fingerprint density at radius 3 is 2.50 bits per heavy atom. The summed E-state index contributed by atoms with van der Waals surface area (Å²) in [6, 6.07) is 6.81. The topological polar surface area (TPSA) is 49.8 Å². The van der Waals surface area contributed by atoms with Gasteiger partial charge < -0.3 is 10.6 Å². The molecule has 0 amide bonds. The first-order valence-corrected chi connectivity index (χ1v) is 8.61. The van der Waals surface area contributed by atoms with E-state index in [9.17, 15) is 17.6 Å². The Hall–Kier alpha value is -2.38. The minimum absolute atomic E-state index is 0.0338. The molecular weight excluding hydrogens is 348 g/mol. The highest BCUT2D eigenvalue weighted by atomic mass is 19.4. The first-order valence-electron chi connectivity index (χ1n) is 8.61. The van der Waals surface area contributed by atoms with E-state index in [-0.39, 0.29) is 24.4 Å². The van der Waals surface area contributed by atoms with Crippen LogP contribution in [0.2, 0.25) is 0 Å². The highest BCUT2D eigenvalue weighted by molar-refractivity contribution is 5.44. The highest BCUT2D eigenvalue weighted by Crippen LogP contribution is 2.30. The van der Waals surface area contributed by atoms with E-state index in [4.69, 9.17) is 0 Å². The van der Waals surface area contributed by atoms with E-state index < -0.39 is 17.7 Å². The van der Waals surface area contributed by atoms with Crippen LogP contribution >= 0.6 is 0 Å². The lowest BCUT2D eigenvalue weighted by atomic mass is 9.96. The number of nitrogens with zero attached hydrogens (tertiary/aromatic N) is 2. The van der Waals surface area contributed by atoms with E-state index in [0.717, 1.165) is 38.2 Å². The molecule has 26 heavy (non-hydrogen) atoms. The summed E-state index contributed by atoms with van der Waals surface area (Å²) >= 11 is 0. The molecule has 0 spiro atoms. The Labute approximate surface area is 149 Å². The summed E-state index contributed by atoms with van der Waals surface area (Å²) in [5, 5.41) is 5.84. The maximum Gasteiger partial charge on any atom is 0.433 e. The van der Waals surface area contributed by atoms with Gasteiger partial charge in [-0.1, -0.05) is 31.4 Å². The van der Waals surface area contributed by atoms with Gasteiger partial charge in [-0.05, 0) is 30.5 Å². The predicted octanol–water partition coefficient (Wildman–Crippen LogP) is 4.99. The largest absolute Gasteiger partial charge is 0.433 e. The number of halogens is 4. The smallest absolute Gasteiger partial charge is 0.366 e. The monoisotopic (exact) mass is 368 g/mol. The average molecular weight is 368 g/mol. The van der Waals surface area contributed by atoms with Crippen LogP contribution in [0.3, 0.4) is 0 Å². The predicted molar refractivity (Wildman–Crippen MR) is 91.3 cm³/mol. The molecule has 4 nitrogen and oxygen atoms in total. The number of hydrogen-bond donors (Lipinski definition) is 2. The summed E-state index contributed by atoms with van der Waals surface area (Å²) in [5.41, 5.74) is -0.397. The maximum absolute atomic E-state index is 13.2. The van der Waals surface area contributed by atoms with E-state index >= 15 is 0 Å². The molecule has 0 aliphatic heterocycles. The van der Waals surface area contributed by atoms with Crippen molar-refractivity contribution in [2.45, 2.75) is 50.9 Å². The van der Waals surface area contributed by atoms with Gasteiger partial charge in [0.25, 0.3) is 0 Å². The minimum atomic E-state index is -4.57. The molecule has 3 rings (SSSR count). The standard InChI is InChI=1S/C18H20F4N4/c19-13-6-4-5-12(9-13)11-23-16-10-15(18(20,21)22)25-17(26-16)24-14-7-2-1-3-8-14/h4-6,9-10,14H,1-3,7-8,11H2,(H2,23,24,25,26). The van der Waals surface area contributed by atoms with Gasteiger partial charge in [-0.25, -0.2) is 9.37 Å². The molecule has 140 valence electrons. The van der Waals surface area contributed by atoms with Crippen molar-refractivity contribution in [2.75, 3.05) is 10.6 Å². The lowest BCUT2D eigenvalue weighted by molar-refractivity contribution is -0.141. The molecule has 1 aromatic carbocycles. The number of rotatable bonds is 5. The SMILES string of the molecule is Fc1cccc(CNc2cc(C(F)(F)F)nc(NC3CCCCC3)n2)c1. The van der Waals surface area contributed by atoms with Crippen molar-refractivity contribution >= 4 is 11.8 Å². The lowest BCUT2D eigenvalue weighted by Gasteiger charge is -2.23. The van der Waals surface area contributed by atoms with E-state index in [1.165, 1.54) is 12.1 Å². The fraction of sp³-hybridized carbons (Fsp3) is 0.444. The zero-order valence-corrected chi connectivity index (χ0v) is 14.1. The maximum atomic E-state index is 13.2. The molecule has 1 saturated carbocycles. The van der Waals surface area contributed by atoms with Crippen molar-refractivity contribution < 1.29 is 17.6 Å². The summed E-state index contributed by atoms with van der Waals surface area (Å²) in [6.45, 7) is 0.162. The van der Waals surface area contributed by atoms with E-state index in [1.54, 1.807) is 12.1 Å². The van der Waals surface area contributed by atoms with Crippen LogP contribution in [0.1, 0.15) is 43.4 Å². The molecule has 2 aromatic rings. The van der Waals surface area contributed by atoms with Crippen LogP contribution in [0.25, 0.3) is 0 Å². The van der Waals surface area contributed by atoms with Crippen LogP contribution in [-0.4, -0.2) is 16.0 Å². The first kappa shape index (κ1) is 18.4. The van der Waals surface area contributed by atoms with Crippen molar-refractivity contribution in [3.05, 3.63) is 47.4 Å². The number of nitrogens with one attached hydrogen (secondary N) is 2. The third kappa shape index (κ3) is 5.06. The first-order chi connectivity index (χ1) is 12.4. The molecule has 0 radical (unpaired) electrons. The van der Waals surface area contributed by atoms with E-state index in [1.807, 2.05) is 0 Å². The van der Waals surface area contributed by atoms with Crippen LogP contribution in [-0.2, 0) is 12.7 Å². The molecule has 2 N–H and O–H groups in total. The second-order valence-corrected chi connectivity index (χ2v) is 6.42. The Balaban J connectivity index is 1.77. The molecule has 0 atom stereocenters. The third-order valence-corrected chi connectivity index (χ3v) is 4.32. The zero-order valence-electron chi connectivity index (χ0n) is 14.1. The zero-order chi connectivity index (χ0) is 18.6. The molecule has 1 aliphatic rings. The summed E-state index contributed by atoms with van der Waals surface area (Å²) < 4.78 is 52.7. The van der Waals surface area contributed by atoms with Gasteiger partial charge >= 0.3 is 6.18 Å². The molecule has 1 aromatic heterocycles. The van der Waals surface area contributed by atoms with Gasteiger partial charge in [0.05, 0.1) is 0 Å². The van der Waals surface area contributed by atoms with Crippen LogP contribution in [0, 0.1) is 5.82 Å². The Bertz CT molecular complexity index is 742. The quantitative estimate of drug-likeness (QED) is 0.730.